The number of aliphatic carboxylic acids is 1. The van der Waals surface area contributed by atoms with Crippen LogP contribution in [0.4, 0.5) is 5.82 Å². The van der Waals surface area contributed by atoms with Crippen LogP contribution in [0.5, 0.6) is 0 Å². The summed E-state index contributed by atoms with van der Waals surface area (Å²) in [7, 11) is 0. The molecule has 2 aromatic rings. The monoisotopic (exact) mass is 318 g/mol. The Kier molecular flexibility index (Phi) is 4.29. The molecule has 5 nitrogen and oxygen atoms in total. The van der Waals surface area contributed by atoms with Gasteiger partial charge in [-0.05, 0) is 50.5 Å². The third-order valence-corrected chi connectivity index (χ3v) is 5.27. The van der Waals surface area contributed by atoms with E-state index in [4.69, 9.17) is 0 Å². The molecule has 0 aliphatic heterocycles. The van der Waals surface area contributed by atoms with Crippen molar-refractivity contribution in [3.63, 3.8) is 0 Å². The number of carbonyl (C=O) groups is 1. The highest BCUT2D eigenvalue weighted by molar-refractivity contribution is 7.19. The highest BCUT2D eigenvalue weighted by atomic mass is 32.1. The van der Waals surface area contributed by atoms with Crippen LogP contribution in [0, 0.1) is 12.8 Å². The van der Waals surface area contributed by atoms with E-state index < -0.39 is 5.97 Å². The van der Waals surface area contributed by atoms with Crippen LogP contribution in [0.25, 0.3) is 10.2 Å². The summed E-state index contributed by atoms with van der Waals surface area (Å²) in [6, 6.07) is 0. The summed E-state index contributed by atoms with van der Waals surface area (Å²) in [5.74, 6) is 1.33. The highest BCUT2D eigenvalue weighted by Gasteiger charge is 2.23. The van der Waals surface area contributed by atoms with E-state index in [1.165, 1.54) is 16.9 Å². The lowest BCUT2D eigenvalue weighted by Crippen LogP contribution is -2.22. The van der Waals surface area contributed by atoms with Gasteiger partial charge in [0.05, 0.1) is 5.39 Å². The second kappa shape index (κ2) is 6.20. The predicted molar refractivity (Wildman–Crippen MR) is 86.1 cm³/mol. The van der Waals surface area contributed by atoms with Crippen LogP contribution >= 0.6 is 11.3 Å². The van der Waals surface area contributed by atoms with E-state index in [-0.39, 0.29) is 6.42 Å². The van der Waals surface area contributed by atoms with Gasteiger partial charge in [-0.15, -0.1) is 11.3 Å². The Balaban J connectivity index is 1.90. The number of nitrogens with one attached hydrogen (secondary N) is 1. The number of nitrogens with zero attached hydrogens (tertiary/aromatic N) is 2. The minimum absolute atomic E-state index is 0.0689. The van der Waals surface area contributed by atoms with Gasteiger partial charge in [0.15, 0.2) is 0 Å². The van der Waals surface area contributed by atoms with Gasteiger partial charge in [-0.3, -0.25) is 0 Å². The predicted octanol–water partition coefficient (Wildman–Crippen LogP) is 2.07. The Hall–Kier alpha value is -1.69. The summed E-state index contributed by atoms with van der Waals surface area (Å²) in [5, 5.41) is 14.9. The molecule has 1 aliphatic rings. The van der Waals surface area contributed by atoms with Crippen molar-refractivity contribution in [3.05, 3.63) is 16.3 Å². The molecule has 0 saturated heterocycles. The maximum atomic E-state index is 10.5. The summed E-state index contributed by atoms with van der Waals surface area (Å²) < 4.78 is 0. The fourth-order valence-electron chi connectivity index (χ4n) is 3.02. The smallest absolute Gasteiger partial charge is 0.138 e. The summed E-state index contributed by atoms with van der Waals surface area (Å²) in [6.45, 7) is 4.77. The van der Waals surface area contributed by atoms with Gasteiger partial charge in [0.2, 0.25) is 0 Å². The normalized spacial score (nSPS) is 17.5. The molecular weight excluding hydrogens is 298 g/mol. The van der Waals surface area contributed by atoms with Crippen molar-refractivity contribution in [1.29, 1.82) is 0 Å². The number of aryl methyl sites for hydroxylation is 2. The average Bonchev–Trinajstić information content (AvgIpc) is 2.79. The molecule has 0 aromatic carbocycles. The molecule has 0 amide bonds. The number of rotatable bonds is 5. The molecule has 0 radical (unpaired) electrons. The molecule has 1 aliphatic carbocycles. The fraction of sp³-hybridized carbons (Fsp3) is 0.562. The largest absolute Gasteiger partial charge is 0.550 e. The SMILES string of the molecule is Cc1nc(NCCCC(=O)[O-])c2c3c(sc2n1)C[C@@H](C)CC3. The number of thiophene rings is 1. The lowest BCUT2D eigenvalue weighted by atomic mass is 9.89. The maximum absolute atomic E-state index is 10.5. The number of anilines is 1. The molecule has 3 rings (SSSR count). The van der Waals surface area contributed by atoms with E-state index in [1.54, 1.807) is 11.3 Å². The second-order valence-corrected chi connectivity index (χ2v) is 7.14. The molecule has 2 aromatic heterocycles. The first kappa shape index (κ1) is 15.2. The Morgan fingerprint density at radius 3 is 3.05 bits per heavy atom. The van der Waals surface area contributed by atoms with Gasteiger partial charge < -0.3 is 15.2 Å². The summed E-state index contributed by atoms with van der Waals surface area (Å²) in [4.78, 5) is 22.1. The van der Waals surface area contributed by atoms with Gasteiger partial charge in [0.25, 0.3) is 0 Å². The second-order valence-electron chi connectivity index (χ2n) is 6.05. The van der Waals surface area contributed by atoms with Crippen LogP contribution < -0.4 is 10.4 Å². The van der Waals surface area contributed by atoms with Gasteiger partial charge >= 0.3 is 0 Å². The zero-order chi connectivity index (χ0) is 15.7. The standard InChI is InChI=1S/C16H21N3O2S/c1-9-5-6-11-12(8-9)22-16-14(11)15(18-10(2)19-16)17-7-3-4-13(20)21/h9H,3-8H2,1-2H3,(H,20,21)(H,17,18,19)/p-1/t9-/m0/s1. The highest BCUT2D eigenvalue weighted by Crippen LogP contribution is 2.39. The molecule has 0 fully saturated rings. The number of carboxylic acids is 1. The first-order valence-electron chi connectivity index (χ1n) is 7.77. The number of hydrogen-bond acceptors (Lipinski definition) is 6. The van der Waals surface area contributed by atoms with Gasteiger partial charge in [0.1, 0.15) is 16.5 Å². The van der Waals surface area contributed by atoms with Gasteiger partial charge in [0, 0.05) is 17.4 Å². The number of aromatic nitrogens is 2. The van der Waals surface area contributed by atoms with Crippen molar-refractivity contribution in [2.45, 2.75) is 46.0 Å². The molecule has 22 heavy (non-hydrogen) atoms. The number of hydrogen-bond donors (Lipinski definition) is 1. The van der Waals surface area contributed by atoms with Gasteiger partial charge in [-0.1, -0.05) is 6.92 Å². The molecule has 0 spiro atoms. The maximum Gasteiger partial charge on any atom is 0.138 e. The molecule has 6 heteroatoms. The van der Waals surface area contributed by atoms with E-state index in [0.29, 0.717) is 13.0 Å². The zero-order valence-corrected chi connectivity index (χ0v) is 13.8. The lowest BCUT2D eigenvalue weighted by Gasteiger charge is -2.18. The number of carboxylic acid groups (broad SMARTS) is 1. The third kappa shape index (κ3) is 3.06. The van der Waals surface area contributed by atoms with Crippen molar-refractivity contribution < 1.29 is 9.90 Å². The molecule has 1 N–H and O–H groups in total. The first-order valence-corrected chi connectivity index (χ1v) is 8.59. The van der Waals surface area contributed by atoms with Crippen LogP contribution in [0.15, 0.2) is 0 Å². The topological polar surface area (TPSA) is 77.9 Å². The molecule has 0 unspecified atom stereocenters. The molecule has 1 atom stereocenters. The molecular formula is C16H20N3O2S-. The Bertz CT molecular complexity index is 711. The van der Waals surface area contributed by atoms with Gasteiger partial charge in [-0.25, -0.2) is 9.97 Å². The van der Waals surface area contributed by atoms with Crippen LogP contribution in [-0.4, -0.2) is 22.5 Å². The van der Waals surface area contributed by atoms with Crippen molar-refractivity contribution in [2.75, 3.05) is 11.9 Å². The molecule has 2 heterocycles. The van der Waals surface area contributed by atoms with E-state index >= 15 is 0 Å². The van der Waals surface area contributed by atoms with Gasteiger partial charge in [-0.2, -0.15) is 0 Å². The van der Waals surface area contributed by atoms with Crippen LogP contribution in [-0.2, 0) is 17.6 Å². The Morgan fingerprint density at radius 2 is 2.27 bits per heavy atom. The quantitative estimate of drug-likeness (QED) is 0.854. The number of fused-ring (bicyclic) bond motifs is 3. The summed E-state index contributed by atoms with van der Waals surface area (Å²) in [6.07, 6.45) is 4.02. The minimum atomic E-state index is -1.01. The third-order valence-electron chi connectivity index (χ3n) is 4.12. The number of carbonyl (C=O) groups excluding carboxylic acids is 1. The van der Waals surface area contributed by atoms with Crippen molar-refractivity contribution in [2.24, 2.45) is 5.92 Å². The van der Waals surface area contributed by atoms with E-state index in [9.17, 15) is 9.90 Å². The van der Waals surface area contributed by atoms with E-state index in [2.05, 4.69) is 22.2 Å². The minimum Gasteiger partial charge on any atom is -0.550 e. The van der Waals surface area contributed by atoms with Crippen LogP contribution in [0.2, 0.25) is 0 Å². The average molecular weight is 318 g/mol. The van der Waals surface area contributed by atoms with Crippen molar-refractivity contribution >= 4 is 33.3 Å². The molecule has 0 saturated carbocycles. The summed E-state index contributed by atoms with van der Waals surface area (Å²) >= 11 is 1.78. The first-order chi connectivity index (χ1) is 10.5. The van der Waals surface area contributed by atoms with Crippen molar-refractivity contribution in [3.8, 4) is 0 Å². The lowest BCUT2D eigenvalue weighted by molar-refractivity contribution is -0.305. The molecule has 0 bridgehead atoms. The Morgan fingerprint density at radius 1 is 1.45 bits per heavy atom. The Labute approximate surface area is 133 Å². The fourth-order valence-corrected chi connectivity index (χ4v) is 4.44. The summed E-state index contributed by atoms with van der Waals surface area (Å²) in [5.41, 5.74) is 1.39. The molecule has 118 valence electrons. The van der Waals surface area contributed by atoms with Crippen LogP contribution in [0.1, 0.15) is 42.5 Å². The van der Waals surface area contributed by atoms with E-state index in [0.717, 1.165) is 40.6 Å². The van der Waals surface area contributed by atoms with Crippen molar-refractivity contribution in [1.82, 2.24) is 9.97 Å². The van der Waals surface area contributed by atoms with E-state index in [1.807, 2.05) is 6.92 Å². The van der Waals surface area contributed by atoms with Crippen LogP contribution in [0.3, 0.4) is 0 Å². The zero-order valence-electron chi connectivity index (χ0n) is 12.9.